The number of carbonyl (C=O) groups is 1. The normalized spacial score (nSPS) is 12.5. The Kier molecular flexibility index (Phi) is 7.71. The molecule has 21 heavy (non-hydrogen) atoms. The lowest BCUT2D eigenvalue weighted by Gasteiger charge is -2.14. The fraction of sp³-hybridized carbons (Fsp3) is 0.533. The van der Waals surface area contributed by atoms with Crippen molar-refractivity contribution < 1.29 is 4.79 Å². The lowest BCUT2D eigenvalue weighted by atomic mass is 10.2. The minimum absolute atomic E-state index is 0.0821. The standard InChI is InChI=1S/C15H22Cl2N2OS/c1-9(2)10(3)21-6-4-5-14(20)19-15-12(16)7-11(18)8-13(15)17/h7-10H,4-6,18H2,1-3H3,(H,19,20). The van der Waals surface area contributed by atoms with Crippen LogP contribution in [0.4, 0.5) is 11.4 Å². The monoisotopic (exact) mass is 348 g/mol. The Morgan fingerprint density at radius 3 is 2.38 bits per heavy atom. The van der Waals surface area contributed by atoms with Crippen LogP contribution in [0.15, 0.2) is 12.1 Å². The van der Waals surface area contributed by atoms with Crippen molar-refractivity contribution in [3.63, 3.8) is 0 Å². The predicted octanol–water partition coefficient (Wildman–Crippen LogP) is 5.07. The van der Waals surface area contributed by atoms with Gasteiger partial charge in [0.05, 0.1) is 15.7 Å². The van der Waals surface area contributed by atoms with Crippen molar-refractivity contribution in [3.05, 3.63) is 22.2 Å². The van der Waals surface area contributed by atoms with Gasteiger partial charge < -0.3 is 11.1 Å². The molecule has 6 heteroatoms. The summed E-state index contributed by atoms with van der Waals surface area (Å²) >= 11 is 14.0. The summed E-state index contributed by atoms with van der Waals surface area (Å²) < 4.78 is 0. The van der Waals surface area contributed by atoms with Crippen LogP contribution in [-0.2, 0) is 4.79 Å². The number of anilines is 2. The van der Waals surface area contributed by atoms with E-state index in [1.165, 1.54) is 0 Å². The highest BCUT2D eigenvalue weighted by molar-refractivity contribution is 7.99. The van der Waals surface area contributed by atoms with E-state index in [0.29, 0.717) is 39.0 Å². The molecule has 0 fully saturated rings. The van der Waals surface area contributed by atoms with Crippen molar-refractivity contribution in [2.24, 2.45) is 5.92 Å². The lowest BCUT2D eigenvalue weighted by molar-refractivity contribution is -0.116. The summed E-state index contributed by atoms with van der Waals surface area (Å²) in [6, 6.07) is 3.15. The van der Waals surface area contributed by atoms with Gasteiger partial charge in [-0.3, -0.25) is 4.79 Å². The van der Waals surface area contributed by atoms with Crippen molar-refractivity contribution >= 4 is 52.2 Å². The second kappa shape index (κ2) is 8.76. The zero-order chi connectivity index (χ0) is 16.0. The predicted molar refractivity (Wildman–Crippen MR) is 95.5 cm³/mol. The second-order valence-electron chi connectivity index (χ2n) is 5.33. The number of nitrogens with two attached hydrogens (primary N) is 1. The highest BCUT2D eigenvalue weighted by atomic mass is 35.5. The molecule has 1 rings (SSSR count). The van der Waals surface area contributed by atoms with E-state index in [1.54, 1.807) is 12.1 Å². The zero-order valence-corrected chi connectivity index (χ0v) is 14.9. The molecular weight excluding hydrogens is 327 g/mol. The van der Waals surface area contributed by atoms with Gasteiger partial charge in [0.2, 0.25) is 5.91 Å². The van der Waals surface area contributed by atoms with Gasteiger partial charge in [-0.15, -0.1) is 0 Å². The minimum Gasteiger partial charge on any atom is -0.399 e. The molecule has 0 saturated carbocycles. The van der Waals surface area contributed by atoms with Crippen molar-refractivity contribution in [3.8, 4) is 0 Å². The molecule has 1 unspecified atom stereocenters. The first-order valence-corrected chi connectivity index (χ1v) is 8.77. The molecule has 0 spiro atoms. The Hall–Kier alpha value is -0.580. The number of hydrogen-bond acceptors (Lipinski definition) is 3. The molecule has 0 aliphatic rings. The largest absolute Gasteiger partial charge is 0.399 e. The van der Waals surface area contributed by atoms with Crippen LogP contribution in [0.2, 0.25) is 10.0 Å². The Morgan fingerprint density at radius 2 is 1.86 bits per heavy atom. The van der Waals surface area contributed by atoms with Gasteiger partial charge in [-0.25, -0.2) is 0 Å². The van der Waals surface area contributed by atoms with Crippen molar-refractivity contribution in [1.29, 1.82) is 0 Å². The summed E-state index contributed by atoms with van der Waals surface area (Å²) in [5.41, 5.74) is 6.53. The maximum atomic E-state index is 11.9. The topological polar surface area (TPSA) is 55.1 Å². The minimum atomic E-state index is -0.0821. The highest BCUT2D eigenvalue weighted by Crippen LogP contribution is 2.33. The molecule has 3 N–H and O–H groups in total. The maximum Gasteiger partial charge on any atom is 0.224 e. The SMILES string of the molecule is CC(C)C(C)SCCCC(=O)Nc1c(Cl)cc(N)cc1Cl. The van der Waals surface area contributed by atoms with Gasteiger partial charge in [-0.05, 0) is 30.2 Å². The lowest BCUT2D eigenvalue weighted by Crippen LogP contribution is -2.13. The molecule has 0 aliphatic heterocycles. The summed E-state index contributed by atoms with van der Waals surface area (Å²) in [5, 5.41) is 4.07. The molecule has 0 aliphatic carbocycles. The number of carbonyl (C=O) groups excluding carboxylic acids is 1. The maximum absolute atomic E-state index is 11.9. The Labute approximate surface area is 140 Å². The highest BCUT2D eigenvalue weighted by Gasteiger charge is 2.12. The van der Waals surface area contributed by atoms with E-state index >= 15 is 0 Å². The number of benzene rings is 1. The van der Waals surface area contributed by atoms with Gasteiger partial charge in [-0.2, -0.15) is 11.8 Å². The third-order valence-electron chi connectivity index (χ3n) is 3.20. The molecule has 1 amide bonds. The third-order valence-corrected chi connectivity index (χ3v) is 5.39. The summed E-state index contributed by atoms with van der Waals surface area (Å²) in [6.07, 6.45) is 1.28. The Morgan fingerprint density at radius 1 is 1.29 bits per heavy atom. The Balaban J connectivity index is 2.41. The van der Waals surface area contributed by atoms with Gasteiger partial charge in [0.25, 0.3) is 0 Å². The first kappa shape index (κ1) is 18.5. The van der Waals surface area contributed by atoms with E-state index in [0.717, 1.165) is 12.2 Å². The van der Waals surface area contributed by atoms with E-state index < -0.39 is 0 Å². The third kappa shape index (κ3) is 6.37. The number of rotatable bonds is 7. The van der Waals surface area contributed by atoms with Gasteiger partial charge >= 0.3 is 0 Å². The van der Waals surface area contributed by atoms with Gasteiger partial charge in [-0.1, -0.05) is 44.0 Å². The summed E-state index contributed by atoms with van der Waals surface area (Å²) in [6.45, 7) is 6.62. The molecule has 0 saturated heterocycles. The fourth-order valence-electron chi connectivity index (χ4n) is 1.61. The van der Waals surface area contributed by atoms with Crippen LogP contribution in [0.3, 0.4) is 0 Å². The van der Waals surface area contributed by atoms with Gasteiger partial charge in [0.1, 0.15) is 0 Å². The molecule has 1 aromatic rings. The van der Waals surface area contributed by atoms with Crippen LogP contribution >= 0.6 is 35.0 Å². The van der Waals surface area contributed by atoms with Crippen LogP contribution in [0.25, 0.3) is 0 Å². The Bertz CT molecular complexity index is 472. The second-order valence-corrected chi connectivity index (χ2v) is 7.63. The fourth-order valence-corrected chi connectivity index (χ4v) is 3.27. The summed E-state index contributed by atoms with van der Waals surface area (Å²) in [5.74, 6) is 1.54. The van der Waals surface area contributed by atoms with Crippen molar-refractivity contribution in [2.45, 2.75) is 38.9 Å². The van der Waals surface area contributed by atoms with Gasteiger partial charge in [0.15, 0.2) is 0 Å². The van der Waals surface area contributed by atoms with Crippen molar-refractivity contribution in [2.75, 3.05) is 16.8 Å². The molecular formula is C15H22Cl2N2OS. The number of nitrogen functional groups attached to an aromatic ring is 1. The van der Waals surface area contributed by atoms with Crippen LogP contribution in [0, 0.1) is 5.92 Å². The van der Waals surface area contributed by atoms with Crippen LogP contribution in [0.1, 0.15) is 33.6 Å². The average Bonchev–Trinajstić information content (AvgIpc) is 2.38. The van der Waals surface area contributed by atoms with Crippen LogP contribution in [-0.4, -0.2) is 16.9 Å². The molecule has 1 aromatic carbocycles. The van der Waals surface area contributed by atoms with Crippen LogP contribution in [0.5, 0.6) is 0 Å². The van der Waals surface area contributed by atoms with E-state index in [4.69, 9.17) is 28.9 Å². The average molecular weight is 349 g/mol. The molecule has 3 nitrogen and oxygen atoms in total. The molecule has 1 atom stereocenters. The summed E-state index contributed by atoms with van der Waals surface area (Å²) in [4.78, 5) is 11.9. The first-order valence-electron chi connectivity index (χ1n) is 6.97. The number of nitrogens with one attached hydrogen (secondary N) is 1. The number of hydrogen-bond donors (Lipinski definition) is 2. The number of thioether (sulfide) groups is 1. The van der Waals surface area contributed by atoms with Gasteiger partial charge in [0, 0.05) is 17.4 Å². The quantitative estimate of drug-likeness (QED) is 0.534. The number of amides is 1. The first-order chi connectivity index (χ1) is 9.81. The molecule has 0 radical (unpaired) electrons. The molecule has 0 bridgehead atoms. The smallest absolute Gasteiger partial charge is 0.224 e. The van der Waals surface area contributed by atoms with Crippen LogP contribution < -0.4 is 11.1 Å². The number of halogens is 2. The van der Waals surface area contributed by atoms with E-state index in [9.17, 15) is 4.79 Å². The van der Waals surface area contributed by atoms with E-state index in [-0.39, 0.29) is 5.91 Å². The molecule has 0 aromatic heterocycles. The molecule has 0 heterocycles. The summed E-state index contributed by atoms with van der Waals surface area (Å²) in [7, 11) is 0. The van der Waals surface area contributed by atoms with Crippen molar-refractivity contribution in [1.82, 2.24) is 0 Å². The van der Waals surface area contributed by atoms with E-state index in [1.807, 2.05) is 11.8 Å². The zero-order valence-electron chi connectivity index (χ0n) is 12.6. The molecule has 118 valence electrons. The van der Waals surface area contributed by atoms with E-state index in [2.05, 4.69) is 26.1 Å².